The van der Waals surface area contributed by atoms with Crippen molar-refractivity contribution in [2.45, 2.75) is 75.2 Å². The molecule has 7 rings (SSSR count). The van der Waals surface area contributed by atoms with Crippen molar-refractivity contribution in [3.8, 4) is 0 Å². The van der Waals surface area contributed by atoms with Crippen molar-refractivity contribution < 1.29 is 78.2 Å². The van der Waals surface area contributed by atoms with Gasteiger partial charge in [-0.05, 0) is 51.8 Å². The summed E-state index contributed by atoms with van der Waals surface area (Å²) in [5.74, 6) is -1.25. The number of alkyl halides is 6. The first-order valence-electron chi connectivity index (χ1n) is 18.1. The zero-order chi connectivity index (χ0) is 38.9. The third-order valence-corrected chi connectivity index (χ3v) is 10.1. The Hall–Kier alpha value is -3.69. The second kappa shape index (κ2) is 21.2. The second-order valence-electron chi connectivity index (χ2n) is 14.0. The van der Waals surface area contributed by atoms with Gasteiger partial charge in [0.15, 0.2) is 5.90 Å². The molecule has 56 heavy (non-hydrogen) atoms. The Morgan fingerprint density at radius 2 is 1.09 bits per heavy atom. The zero-order valence-electron chi connectivity index (χ0n) is 30.7. The minimum absolute atomic E-state index is 0. The summed E-state index contributed by atoms with van der Waals surface area (Å²) in [6, 6.07) is 44.7. The van der Waals surface area contributed by atoms with E-state index in [4.69, 9.17) is 9.84 Å². The number of halogens is 6. The molecule has 1 aliphatic heterocycles. The van der Waals surface area contributed by atoms with Crippen LogP contribution in [0.15, 0.2) is 138 Å². The number of benzene rings is 4. The van der Waals surface area contributed by atoms with Gasteiger partial charge in [0.25, 0.3) is 5.78 Å². The van der Waals surface area contributed by atoms with Gasteiger partial charge in [-0.1, -0.05) is 154 Å². The summed E-state index contributed by atoms with van der Waals surface area (Å²) < 4.78 is 73.7. The molecule has 12 heteroatoms. The van der Waals surface area contributed by atoms with Gasteiger partial charge in [0.2, 0.25) is 5.76 Å². The topological polar surface area (TPSA) is 58.9 Å². The molecule has 3 aliphatic rings. The molecule has 0 saturated heterocycles. The van der Waals surface area contributed by atoms with E-state index in [0.717, 1.165) is 12.5 Å². The first kappa shape index (κ1) is 46.7. The first-order valence-corrected chi connectivity index (χ1v) is 18.1. The van der Waals surface area contributed by atoms with E-state index < -0.39 is 30.0 Å². The Bertz CT molecular complexity index is 1650. The van der Waals surface area contributed by atoms with Crippen LogP contribution >= 0.6 is 0 Å². The van der Waals surface area contributed by atoms with E-state index in [2.05, 4.69) is 147 Å². The SMILES string of the molecule is CC(C)[C@H]1COC(C2[CH-]CCC2)=N1.O=C(/C=C(\O)C(F)(F)F)C(F)(F)F.[Co].[Pd].c1ccc(C2C(c3ccccc3)C(c3ccccc3)C2c2ccccc2)cc1. The number of aliphatic hydroxyl groups excluding tert-OH is 1. The number of hydrogen-bond acceptors (Lipinski definition) is 4. The van der Waals surface area contributed by atoms with Crippen LogP contribution in [0.25, 0.3) is 0 Å². The van der Waals surface area contributed by atoms with E-state index in [1.807, 2.05) is 0 Å². The molecule has 4 nitrogen and oxygen atoms in total. The number of rotatable bonds is 7. The second-order valence-corrected chi connectivity index (χ2v) is 14.0. The molecule has 0 amide bonds. The Kier molecular flexibility index (Phi) is 17.7. The third-order valence-electron chi connectivity index (χ3n) is 10.1. The van der Waals surface area contributed by atoms with Gasteiger partial charge in [0.05, 0.1) is 6.04 Å². The Morgan fingerprint density at radius 1 is 0.714 bits per heavy atom. The molecule has 0 aromatic heterocycles. The minimum atomic E-state index is -5.42. The molecule has 1 N–H and O–H groups in total. The monoisotopic (exact) mass is 913 g/mol. The number of carbonyl (C=O) groups is 1. The molecule has 1 unspecified atom stereocenters. The maximum absolute atomic E-state index is 11.4. The fraction of sp³-hybridized carbons (Fsp3) is 0.341. The number of aliphatic hydroxyl groups is 1. The molecule has 2 fully saturated rings. The van der Waals surface area contributed by atoms with Crippen molar-refractivity contribution in [2.75, 3.05) is 6.61 Å². The van der Waals surface area contributed by atoms with Crippen LogP contribution in [0.5, 0.6) is 0 Å². The normalized spacial score (nSPS) is 23.0. The average Bonchev–Trinajstić information content (AvgIpc) is 3.87. The van der Waals surface area contributed by atoms with E-state index in [1.165, 1.54) is 41.5 Å². The predicted octanol–water partition coefficient (Wildman–Crippen LogP) is 11.7. The van der Waals surface area contributed by atoms with Gasteiger partial charge in [0, 0.05) is 43.3 Å². The summed E-state index contributed by atoms with van der Waals surface area (Å²) in [7, 11) is 0. The van der Waals surface area contributed by atoms with Crippen LogP contribution in [0, 0.1) is 18.3 Å². The summed E-state index contributed by atoms with van der Waals surface area (Å²) in [5.41, 5.74) is 5.77. The van der Waals surface area contributed by atoms with E-state index in [0.29, 0.717) is 41.5 Å². The first-order chi connectivity index (χ1) is 25.8. The summed E-state index contributed by atoms with van der Waals surface area (Å²) in [4.78, 5) is 14.5. The van der Waals surface area contributed by atoms with Gasteiger partial charge in [-0.2, -0.15) is 32.8 Å². The van der Waals surface area contributed by atoms with E-state index in [1.54, 1.807) is 0 Å². The van der Waals surface area contributed by atoms with Crippen molar-refractivity contribution in [3.05, 3.63) is 162 Å². The van der Waals surface area contributed by atoms with Gasteiger partial charge in [-0.25, -0.2) is 0 Å². The van der Waals surface area contributed by atoms with Gasteiger partial charge < -0.3 is 16.3 Å². The smallest absolute Gasteiger partial charge is 0.454 e. The molecule has 305 valence electrons. The van der Waals surface area contributed by atoms with Crippen molar-refractivity contribution >= 4 is 11.7 Å². The molecule has 0 bridgehead atoms. The number of carbonyl (C=O) groups excluding carboxylic acids is 1. The van der Waals surface area contributed by atoms with Crippen LogP contribution < -0.4 is 0 Å². The number of ether oxygens (including phenoxy) is 1. The van der Waals surface area contributed by atoms with Crippen molar-refractivity contribution in [1.82, 2.24) is 0 Å². The Balaban J connectivity index is 0.000000253. The molecular formula is C44H44CoF6NO3Pd-. The van der Waals surface area contributed by atoms with Crippen LogP contribution in [-0.2, 0) is 46.7 Å². The number of ketones is 1. The number of nitrogens with zero attached hydrogens (tertiary/aromatic N) is 1. The molecule has 2 saturated carbocycles. The van der Waals surface area contributed by atoms with Gasteiger partial charge in [0.1, 0.15) is 6.61 Å². The summed E-state index contributed by atoms with van der Waals surface area (Å²) in [6.45, 7) is 5.22. The van der Waals surface area contributed by atoms with E-state index in [-0.39, 0.29) is 37.2 Å². The summed E-state index contributed by atoms with van der Waals surface area (Å²) >= 11 is 0. The Labute approximate surface area is 348 Å². The molecule has 2 aliphatic carbocycles. The predicted molar refractivity (Wildman–Crippen MR) is 198 cm³/mol. The van der Waals surface area contributed by atoms with Crippen LogP contribution in [-0.4, -0.2) is 41.8 Å². The van der Waals surface area contributed by atoms with Crippen LogP contribution in [0.1, 0.15) is 79.0 Å². The number of allylic oxidation sites excluding steroid dienone is 2. The fourth-order valence-electron chi connectivity index (χ4n) is 7.35. The van der Waals surface area contributed by atoms with Gasteiger partial charge in [-0.15, -0.1) is 0 Å². The number of hydrogen-bond donors (Lipinski definition) is 1. The molecular weight excluding hydrogens is 870 g/mol. The maximum Gasteiger partial charge on any atom is 0.454 e. The maximum atomic E-state index is 11.4. The zero-order valence-corrected chi connectivity index (χ0v) is 33.3. The molecule has 1 heterocycles. The summed E-state index contributed by atoms with van der Waals surface area (Å²) in [6.07, 6.45) is -5.55. The van der Waals surface area contributed by atoms with E-state index in [9.17, 15) is 31.1 Å². The van der Waals surface area contributed by atoms with Gasteiger partial charge >= 0.3 is 12.4 Å². The molecule has 4 aromatic rings. The fourth-order valence-corrected chi connectivity index (χ4v) is 7.35. The van der Waals surface area contributed by atoms with Crippen LogP contribution in [0.4, 0.5) is 26.3 Å². The van der Waals surface area contributed by atoms with Crippen molar-refractivity contribution in [1.29, 1.82) is 0 Å². The van der Waals surface area contributed by atoms with Crippen molar-refractivity contribution in [2.24, 2.45) is 16.8 Å². The van der Waals surface area contributed by atoms with Crippen LogP contribution in [0.3, 0.4) is 0 Å². The van der Waals surface area contributed by atoms with Gasteiger partial charge in [-0.3, -0.25) is 9.79 Å². The largest absolute Gasteiger partial charge is 0.504 e. The van der Waals surface area contributed by atoms with Crippen molar-refractivity contribution in [3.63, 3.8) is 0 Å². The molecule has 4 aromatic carbocycles. The molecule has 1 radical (unpaired) electrons. The third kappa shape index (κ3) is 12.2. The Morgan fingerprint density at radius 3 is 1.36 bits per heavy atom. The molecule has 2 atom stereocenters. The quantitative estimate of drug-likeness (QED) is 0.0661. The van der Waals surface area contributed by atoms with E-state index >= 15 is 0 Å². The minimum Gasteiger partial charge on any atom is -0.504 e. The summed E-state index contributed by atoms with van der Waals surface area (Å²) in [5, 5.41) is 7.93. The van der Waals surface area contributed by atoms with Crippen LogP contribution in [0.2, 0.25) is 0 Å². The average molecular weight is 914 g/mol. The standard InChI is InChI=1S/C28H24.C11H18NO.C5H2F6O2.Co.Pd/c1-5-13-21(14-6-1)25-26(22-15-7-2-8-16-22)28(24-19-11-4-12-20-24)27(25)23-17-9-3-10-18-23;1-8(2)10-7-13-11(12-10)9-5-3-4-6-9;6-4(7,8)2(12)1-3(13)5(9,10)11;;/h1-20,25-28H;5,8-10H,3-4,6-7H2,1-2H3;1,12H;;/q;-1;;;/b;;2-1-;;/t;9?,10-;;;/m.1.../s1. The molecule has 0 spiro atoms. The number of aliphatic imine (C=N–C) groups is 1.